The highest BCUT2D eigenvalue weighted by Gasteiger charge is 2.19. The molecule has 0 aliphatic carbocycles. The van der Waals surface area contributed by atoms with Crippen LogP contribution in [0.1, 0.15) is 11.1 Å². The monoisotopic (exact) mass is 832 g/mol. The van der Waals surface area contributed by atoms with E-state index in [1.54, 1.807) is 37.4 Å². The van der Waals surface area contributed by atoms with Crippen LogP contribution in [0.4, 0.5) is 34.1 Å². The SMILES string of the molecule is CN(Nc1ccc(NCc2ccc(CNc3ccc(N=Nc4ccc(S(=O)(=O)O)cc4)cc3S(=O)(=O)O)cc2)c(S(=O)(=O)O)c1)c1ccc(S(=O)(=O)O)cc1. The third-order valence-corrected chi connectivity index (χ3v) is 11.2. The van der Waals surface area contributed by atoms with Crippen LogP contribution in [-0.4, -0.2) is 58.9 Å². The minimum absolute atomic E-state index is 0.0654. The largest absolute Gasteiger partial charge is 0.380 e. The molecular weight excluding hydrogens is 801 g/mol. The highest BCUT2D eigenvalue weighted by molar-refractivity contribution is 7.86. The molecule has 7 N–H and O–H groups in total. The maximum absolute atomic E-state index is 12.3. The van der Waals surface area contributed by atoms with Crippen LogP contribution in [0, 0.1) is 0 Å². The normalized spacial score (nSPS) is 12.4. The van der Waals surface area contributed by atoms with E-state index in [0.29, 0.717) is 11.3 Å². The van der Waals surface area contributed by atoms with Gasteiger partial charge in [-0.2, -0.15) is 43.9 Å². The van der Waals surface area contributed by atoms with Crippen molar-refractivity contribution < 1.29 is 51.9 Å². The predicted molar refractivity (Wildman–Crippen MR) is 202 cm³/mol. The van der Waals surface area contributed by atoms with E-state index in [1.807, 2.05) is 0 Å². The van der Waals surface area contributed by atoms with Crippen molar-refractivity contribution in [2.75, 3.05) is 28.1 Å². The van der Waals surface area contributed by atoms with Gasteiger partial charge >= 0.3 is 0 Å². The number of rotatable bonds is 15. The van der Waals surface area contributed by atoms with Crippen molar-refractivity contribution in [2.45, 2.75) is 32.7 Å². The van der Waals surface area contributed by atoms with Crippen LogP contribution in [0.15, 0.2) is 139 Å². The lowest BCUT2D eigenvalue weighted by Crippen LogP contribution is -2.24. The van der Waals surface area contributed by atoms with Crippen molar-refractivity contribution in [1.29, 1.82) is 0 Å². The van der Waals surface area contributed by atoms with Gasteiger partial charge in [0.25, 0.3) is 40.5 Å². The predicted octanol–water partition coefficient (Wildman–Crippen LogP) is 5.78. The van der Waals surface area contributed by atoms with Gasteiger partial charge in [-0.25, -0.2) is 0 Å². The second-order valence-electron chi connectivity index (χ2n) is 11.7. The van der Waals surface area contributed by atoms with Crippen molar-refractivity contribution in [2.24, 2.45) is 10.2 Å². The molecule has 0 bridgehead atoms. The van der Waals surface area contributed by atoms with E-state index in [-0.39, 0.29) is 51.3 Å². The Hall–Kier alpha value is -5.46. The van der Waals surface area contributed by atoms with E-state index in [4.69, 9.17) is 4.55 Å². The number of hydrogen-bond acceptors (Lipinski definition) is 14. The number of benzene rings is 5. The fourth-order valence-corrected chi connectivity index (χ4v) is 7.30. The van der Waals surface area contributed by atoms with Gasteiger partial charge in [0.2, 0.25) is 0 Å². The van der Waals surface area contributed by atoms with Crippen LogP contribution in [0.3, 0.4) is 0 Å². The molecule has 0 aliphatic heterocycles. The molecule has 0 unspecified atom stereocenters. The van der Waals surface area contributed by atoms with Crippen molar-refractivity contribution in [3.05, 3.63) is 120 Å². The topological polar surface area (TPSA) is 282 Å². The van der Waals surface area contributed by atoms with Crippen LogP contribution in [0.25, 0.3) is 0 Å². The lowest BCUT2D eigenvalue weighted by atomic mass is 10.1. The van der Waals surface area contributed by atoms with E-state index >= 15 is 0 Å². The summed E-state index contributed by atoms with van der Waals surface area (Å²) in [6.07, 6.45) is 0. The fourth-order valence-electron chi connectivity index (χ4n) is 4.95. The summed E-state index contributed by atoms with van der Waals surface area (Å²) in [7, 11) is -16.6. The molecule has 290 valence electrons. The van der Waals surface area contributed by atoms with E-state index in [2.05, 4.69) is 26.3 Å². The lowest BCUT2D eigenvalue weighted by molar-refractivity contribution is 0.481. The molecular formula is C33H32N6O12S4. The summed E-state index contributed by atoms with van der Waals surface area (Å²) in [5.41, 5.74) is 5.57. The van der Waals surface area contributed by atoms with Crippen LogP contribution in [-0.2, 0) is 53.6 Å². The highest BCUT2D eigenvalue weighted by Crippen LogP contribution is 2.30. The Kier molecular flexibility index (Phi) is 11.9. The van der Waals surface area contributed by atoms with Gasteiger partial charge in [-0.1, -0.05) is 24.3 Å². The van der Waals surface area contributed by atoms with Crippen LogP contribution in [0.5, 0.6) is 0 Å². The van der Waals surface area contributed by atoms with Gasteiger partial charge in [-0.05, 0) is 96.1 Å². The Labute approximate surface area is 316 Å². The Morgan fingerprint density at radius 3 is 1.40 bits per heavy atom. The Bertz CT molecular complexity index is 2680. The van der Waals surface area contributed by atoms with Crippen LogP contribution in [0.2, 0.25) is 0 Å². The smallest absolute Gasteiger partial charge is 0.296 e. The molecule has 5 aromatic rings. The number of hydrogen-bond donors (Lipinski definition) is 7. The van der Waals surface area contributed by atoms with Gasteiger partial charge in [0.05, 0.1) is 43.9 Å². The molecule has 5 aromatic carbocycles. The minimum Gasteiger partial charge on any atom is -0.380 e. The highest BCUT2D eigenvalue weighted by atomic mass is 32.2. The van der Waals surface area contributed by atoms with Gasteiger partial charge in [-0.3, -0.25) is 28.6 Å². The Balaban J connectivity index is 1.22. The summed E-state index contributed by atoms with van der Waals surface area (Å²) in [6, 6.07) is 25.1. The second kappa shape index (κ2) is 16.1. The molecule has 5 rings (SSSR count). The van der Waals surface area contributed by atoms with Crippen LogP contribution < -0.4 is 21.1 Å². The van der Waals surface area contributed by atoms with Gasteiger partial charge in [0, 0.05) is 20.1 Å². The molecule has 0 amide bonds. The molecule has 0 atom stereocenters. The van der Waals surface area contributed by atoms with Gasteiger partial charge in [0.15, 0.2) is 0 Å². The zero-order valence-electron chi connectivity index (χ0n) is 28.3. The summed E-state index contributed by atoms with van der Waals surface area (Å²) in [6.45, 7) is 0.286. The van der Waals surface area contributed by atoms with Gasteiger partial charge < -0.3 is 10.6 Å². The second-order valence-corrected chi connectivity index (χ2v) is 17.3. The van der Waals surface area contributed by atoms with Crippen molar-refractivity contribution >= 4 is 74.6 Å². The molecule has 55 heavy (non-hydrogen) atoms. The number of nitrogens with one attached hydrogen (secondary N) is 3. The molecule has 0 aromatic heterocycles. The zero-order valence-corrected chi connectivity index (χ0v) is 31.6. The first-order chi connectivity index (χ1) is 25.7. The first-order valence-electron chi connectivity index (χ1n) is 15.5. The first kappa shape index (κ1) is 40.7. The van der Waals surface area contributed by atoms with Crippen molar-refractivity contribution in [1.82, 2.24) is 0 Å². The number of nitrogens with zero attached hydrogens (tertiary/aromatic N) is 3. The van der Waals surface area contributed by atoms with E-state index in [0.717, 1.165) is 23.8 Å². The standard InChI is InChI=1S/C33H32N6O12S4/c1-39(27-10-14-29(15-11-27)53(43,44)45)38-26-9-17-31(33(19-26)55(49,50)51)35-21-23-4-2-22(3-5-23)20-34-30-16-8-25(18-32(30)54(46,47)48)37-36-24-6-12-28(13-7-24)52(40,41)42/h2-19,34-35,38H,20-21H2,1H3,(H,40,41,42)(H,43,44,45)(H,46,47,48)(H,49,50,51). The molecule has 0 saturated carbocycles. The molecule has 22 heteroatoms. The average molecular weight is 833 g/mol. The molecule has 18 nitrogen and oxygen atoms in total. The van der Waals surface area contributed by atoms with Gasteiger partial charge in [-0.15, -0.1) is 0 Å². The number of azo groups is 1. The molecule has 0 aliphatic rings. The summed E-state index contributed by atoms with van der Waals surface area (Å²) in [5, 5.41) is 15.3. The third kappa shape index (κ3) is 11.1. The molecule has 0 heterocycles. The van der Waals surface area contributed by atoms with E-state index in [1.165, 1.54) is 65.7 Å². The van der Waals surface area contributed by atoms with E-state index < -0.39 is 50.3 Å². The van der Waals surface area contributed by atoms with Crippen LogP contribution >= 0.6 is 0 Å². The minimum atomic E-state index is -4.71. The summed E-state index contributed by atoms with van der Waals surface area (Å²) < 4.78 is 132. The summed E-state index contributed by atoms with van der Waals surface area (Å²) in [5.74, 6) is 0. The zero-order chi connectivity index (χ0) is 40.2. The number of hydrazine groups is 1. The lowest BCUT2D eigenvalue weighted by Gasteiger charge is -2.22. The van der Waals surface area contributed by atoms with E-state index in [9.17, 15) is 47.3 Å². The Morgan fingerprint density at radius 1 is 0.509 bits per heavy atom. The van der Waals surface area contributed by atoms with Crippen molar-refractivity contribution in [3.63, 3.8) is 0 Å². The Morgan fingerprint density at radius 2 is 0.927 bits per heavy atom. The average Bonchev–Trinajstić information content (AvgIpc) is 3.12. The fraction of sp³-hybridized carbons (Fsp3) is 0.0909. The molecule has 0 spiro atoms. The molecule has 0 radical (unpaired) electrons. The number of anilines is 4. The maximum atomic E-state index is 12.3. The summed E-state index contributed by atoms with van der Waals surface area (Å²) in [4.78, 5) is -1.52. The quantitative estimate of drug-likeness (QED) is 0.0374. The molecule has 0 fully saturated rings. The van der Waals surface area contributed by atoms with Gasteiger partial charge in [0.1, 0.15) is 9.79 Å². The van der Waals surface area contributed by atoms with Crippen molar-refractivity contribution in [3.8, 4) is 0 Å². The summed E-state index contributed by atoms with van der Waals surface area (Å²) >= 11 is 0. The maximum Gasteiger partial charge on any atom is 0.296 e. The molecule has 0 saturated heterocycles. The third-order valence-electron chi connectivity index (χ3n) is 7.73. The first-order valence-corrected chi connectivity index (χ1v) is 21.3.